The lowest BCUT2D eigenvalue weighted by molar-refractivity contribution is -0.142. The minimum absolute atomic E-state index is 0.144. The fraction of sp³-hybridized carbons (Fsp3) is 0.800. The third-order valence-corrected chi connectivity index (χ3v) is 4.49. The first kappa shape index (κ1) is 15.9. The van der Waals surface area contributed by atoms with Gasteiger partial charge in [0.1, 0.15) is 6.04 Å². The van der Waals surface area contributed by atoms with Gasteiger partial charge in [0.15, 0.2) is 0 Å². The van der Waals surface area contributed by atoms with Crippen molar-refractivity contribution in [2.45, 2.75) is 31.7 Å². The van der Waals surface area contributed by atoms with Crippen molar-refractivity contribution in [3.63, 3.8) is 0 Å². The Balaban J connectivity index is 2.62. The zero-order valence-corrected chi connectivity index (χ0v) is 11.5. The molecule has 1 rings (SSSR count). The molecule has 1 fully saturated rings. The minimum atomic E-state index is -3.81. The first-order chi connectivity index (χ1) is 8.86. The van der Waals surface area contributed by atoms with E-state index < -0.39 is 28.2 Å². The molecule has 2 N–H and O–H groups in total. The van der Waals surface area contributed by atoms with Gasteiger partial charge in [0.2, 0.25) is 0 Å². The van der Waals surface area contributed by atoms with E-state index in [1.807, 2.05) is 0 Å². The highest BCUT2D eigenvalue weighted by Crippen LogP contribution is 2.12. The van der Waals surface area contributed by atoms with Crippen molar-refractivity contribution in [3.05, 3.63) is 0 Å². The Labute approximate surface area is 111 Å². The summed E-state index contributed by atoms with van der Waals surface area (Å²) < 4.78 is 31.5. The average molecular weight is 294 g/mol. The Hall–Kier alpha value is -1.19. The van der Waals surface area contributed by atoms with Crippen molar-refractivity contribution in [1.82, 2.24) is 9.03 Å². The number of esters is 1. The number of carbonyl (C=O) groups excluding carboxylic acids is 1. The summed E-state index contributed by atoms with van der Waals surface area (Å²) in [7, 11) is -2.62. The molecule has 1 atom stereocenters. The number of ether oxygens (including phenoxy) is 1. The van der Waals surface area contributed by atoms with E-state index in [4.69, 9.17) is 5.11 Å². The number of methoxy groups -OCH3 is 1. The number of hydrogen-bond donors (Lipinski definition) is 2. The first-order valence-electron chi connectivity index (χ1n) is 5.94. The van der Waals surface area contributed by atoms with Gasteiger partial charge in [0, 0.05) is 19.5 Å². The lowest BCUT2D eigenvalue weighted by Crippen LogP contribution is -2.47. The van der Waals surface area contributed by atoms with E-state index in [1.54, 1.807) is 0 Å². The molecule has 8 nitrogen and oxygen atoms in total. The highest BCUT2D eigenvalue weighted by Gasteiger charge is 2.30. The number of rotatable bonds is 7. The van der Waals surface area contributed by atoms with Crippen LogP contribution in [-0.2, 0) is 24.5 Å². The lowest BCUT2D eigenvalue weighted by atomic mass is 10.2. The fourth-order valence-corrected chi connectivity index (χ4v) is 3.25. The molecule has 1 aliphatic rings. The molecule has 1 saturated heterocycles. The lowest BCUT2D eigenvalue weighted by Gasteiger charge is -2.20. The first-order valence-corrected chi connectivity index (χ1v) is 7.38. The van der Waals surface area contributed by atoms with E-state index in [1.165, 1.54) is 11.4 Å². The Morgan fingerprint density at radius 3 is 2.42 bits per heavy atom. The Morgan fingerprint density at radius 1 is 1.37 bits per heavy atom. The topological polar surface area (TPSA) is 113 Å². The second-order valence-corrected chi connectivity index (χ2v) is 5.94. The molecule has 0 bridgehead atoms. The van der Waals surface area contributed by atoms with Crippen LogP contribution in [0.5, 0.6) is 0 Å². The van der Waals surface area contributed by atoms with Crippen molar-refractivity contribution in [1.29, 1.82) is 0 Å². The van der Waals surface area contributed by atoms with Gasteiger partial charge >= 0.3 is 11.9 Å². The summed E-state index contributed by atoms with van der Waals surface area (Å²) in [6, 6.07) is -1.33. The van der Waals surface area contributed by atoms with Crippen LogP contribution in [0.25, 0.3) is 0 Å². The van der Waals surface area contributed by atoms with Crippen LogP contribution < -0.4 is 4.72 Å². The van der Waals surface area contributed by atoms with Crippen molar-refractivity contribution in [3.8, 4) is 0 Å². The molecule has 0 aromatic heterocycles. The summed E-state index contributed by atoms with van der Waals surface area (Å²) in [4.78, 5) is 22.0. The number of carboxylic acids is 1. The molecular weight excluding hydrogens is 276 g/mol. The van der Waals surface area contributed by atoms with Crippen molar-refractivity contribution in [2.75, 3.05) is 20.2 Å². The van der Waals surface area contributed by atoms with Crippen LogP contribution in [0, 0.1) is 0 Å². The monoisotopic (exact) mass is 294 g/mol. The van der Waals surface area contributed by atoms with Crippen LogP contribution in [0.2, 0.25) is 0 Å². The van der Waals surface area contributed by atoms with Gasteiger partial charge in [-0.05, 0) is 19.3 Å². The second kappa shape index (κ2) is 6.83. The summed E-state index contributed by atoms with van der Waals surface area (Å²) >= 11 is 0. The molecule has 0 saturated carbocycles. The molecule has 9 heteroatoms. The molecule has 0 radical (unpaired) electrons. The van der Waals surface area contributed by atoms with E-state index in [0.29, 0.717) is 13.1 Å². The maximum absolute atomic E-state index is 11.9. The predicted molar refractivity (Wildman–Crippen MR) is 65.5 cm³/mol. The Bertz CT molecular complexity index is 429. The standard InChI is InChI=1S/C10H18N2O6S/c1-18-9(13)5-4-8(10(14)15)11-19(16,17)12-6-2-3-7-12/h8,11H,2-7H2,1H3,(H,14,15)/t8-/m0/s1. The van der Waals surface area contributed by atoms with Gasteiger partial charge < -0.3 is 9.84 Å². The molecule has 0 aromatic carbocycles. The zero-order valence-electron chi connectivity index (χ0n) is 10.7. The maximum Gasteiger partial charge on any atom is 0.321 e. The van der Waals surface area contributed by atoms with E-state index in [9.17, 15) is 18.0 Å². The second-order valence-electron chi connectivity index (χ2n) is 4.23. The number of hydrogen-bond acceptors (Lipinski definition) is 5. The highest BCUT2D eigenvalue weighted by atomic mass is 32.2. The molecule has 0 unspecified atom stereocenters. The summed E-state index contributed by atoms with van der Waals surface area (Å²) in [5.74, 6) is -1.89. The van der Waals surface area contributed by atoms with Gasteiger partial charge in [-0.3, -0.25) is 9.59 Å². The van der Waals surface area contributed by atoms with Gasteiger partial charge in [-0.1, -0.05) is 0 Å². The van der Waals surface area contributed by atoms with E-state index >= 15 is 0 Å². The molecule has 0 aromatic rings. The number of carboxylic acid groups (broad SMARTS) is 1. The zero-order chi connectivity index (χ0) is 14.5. The normalized spacial score (nSPS) is 18.2. The van der Waals surface area contributed by atoms with Crippen LogP contribution in [0.3, 0.4) is 0 Å². The smallest absolute Gasteiger partial charge is 0.321 e. The summed E-state index contributed by atoms with van der Waals surface area (Å²) in [5.41, 5.74) is 0. The molecule has 0 spiro atoms. The van der Waals surface area contributed by atoms with Crippen molar-refractivity contribution < 1.29 is 27.9 Å². The third-order valence-electron chi connectivity index (χ3n) is 2.86. The number of carbonyl (C=O) groups is 2. The molecule has 0 aliphatic carbocycles. The summed E-state index contributed by atoms with van der Waals surface area (Å²) in [6.07, 6.45) is 1.23. The minimum Gasteiger partial charge on any atom is -0.480 e. The molecule has 1 aliphatic heterocycles. The van der Waals surface area contributed by atoms with Crippen molar-refractivity contribution >= 4 is 22.1 Å². The number of nitrogens with zero attached hydrogens (tertiary/aromatic N) is 1. The molecular formula is C10H18N2O6S. The summed E-state index contributed by atoms with van der Waals surface area (Å²) in [6.45, 7) is 0.775. The number of nitrogens with one attached hydrogen (secondary N) is 1. The van der Waals surface area contributed by atoms with Gasteiger partial charge in [0.05, 0.1) is 7.11 Å². The SMILES string of the molecule is COC(=O)CC[C@H](NS(=O)(=O)N1CCCC1)C(=O)O. The largest absolute Gasteiger partial charge is 0.480 e. The maximum atomic E-state index is 11.9. The van der Waals surface area contributed by atoms with Crippen LogP contribution in [0.15, 0.2) is 0 Å². The molecule has 19 heavy (non-hydrogen) atoms. The van der Waals surface area contributed by atoms with Gasteiger partial charge in [-0.25, -0.2) is 0 Å². The predicted octanol–water partition coefficient (Wildman–Crippen LogP) is -0.677. The van der Waals surface area contributed by atoms with Crippen LogP contribution in [0.4, 0.5) is 0 Å². The van der Waals surface area contributed by atoms with Crippen LogP contribution in [0.1, 0.15) is 25.7 Å². The van der Waals surface area contributed by atoms with Crippen molar-refractivity contribution in [2.24, 2.45) is 0 Å². The Kier molecular flexibility index (Phi) is 5.70. The highest BCUT2D eigenvalue weighted by molar-refractivity contribution is 7.87. The van der Waals surface area contributed by atoms with Gasteiger partial charge in [-0.2, -0.15) is 17.4 Å². The Morgan fingerprint density at radius 2 is 1.95 bits per heavy atom. The van der Waals surface area contributed by atoms with Gasteiger partial charge in [-0.15, -0.1) is 0 Å². The molecule has 0 amide bonds. The quantitative estimate of drug-likeness (QED) is 0.602. The summed E-state index contributed by atoms with van der Waals surface area (Å²) in [5, 5.41) is 8.97. The molecule has 1 heterocycles. The average Bonchev–Trinajstić information content (AvgIpc) is 2.88. The van der Waals surface area contributed by atoms with E-state index in [0.717, 1.165) is 12.8 Å². The van der Waals surface area contributed by atoms with Gasteiger partial charge in [0.25, 0.3) is 10.2 Å². The molecule has 110 valence electrons. The van der Waals surface area contributed by atoms with Crippen LogP contribution in [-0.4, -0.2) is 56.0 Å². The van der Waals surface area contributed by atoms with E-state index in [-0.39, 0.29) is 12.8 Å². The fourth-order valence-electron chi connectivity index (χ4n) is 1.78. The van der Waals surface area contributed by atoms with E-state index in [2.05, 4.69) is 9.46 Å². The number of aliphatic carboxylic acids is 1. The third kappa shape index (κ3) is 4.77. The van der Waals surface area contributed by atoms with Crippen LogP contribution >= 0.6 is 0 Å².